The van der Waals surface area contributed by atoms with Crippen LogP contribution in [0.3, 0.4) is 0 Å². The van der Waals surface area contributed by atoms with Crippen LogP contribution in [0.1, 0.15) is 24.5 Å². The van der Waals surface area contributed by atoms with Gasteiger partial charge in [0.05, 0.1) is 0 Å². The molecule has 2 heterocycles. The number of halogens is 1. The first-order valence-electron chi connectivity index (χ1n) is 8.34. The minimum Gasteiger partial charge on any atom is -0.324 e. The second-order valence-electron chi connectivity index (χ2n) is 6.33. The summed E-state index contributed by atoms with van der Waals surface area (Å²) in [6.45, 7) is 5.00. The van der Waals surface area contributed by atoms with Gasteiger partial charge in [-0.05, 0) is 37.0 Å². The Morgan fingerprint density at radius 3 is 2.92 bits per heavy atom. The van der Waals surface area contributed by atoms with E-state index < -0.39 is 0 Å². The third-order valence-electron chi connectivity index (χ3n) is 4.45. The van der Waals surface area contributed by atoms with E-state index in [9.17, 15) is 9.18 Å². The van der Waals surface area contributed by atoms with Crippen LogP contribution in [0.2, 0.25) is 0 Å². The Morgan fingerprint density at radius 1 is 1.36 bits per heavy atom. The van der Waals surface area contributed by atoms with Crippen LogP contribution in [-0.2, 0) is 0 Å². The second kappa shape index (κ2) is 7.42. The summed E-state index contributed by atoms with van der Waals surface area (Å²) in [6.07, 6.45) is 4.20. The van der Waals surface area contributed by atoms with E-state index in [0.29, 0.717) is 30.0 Å². The predicted octanol–water partition coefficient (Wildman–Crippen LogP) is 3.88. The SMILES string of the molecule is Cc1cccc(C=C2CCN(C(=O)Nc3cccnn3)CC2C)c1F. The molecule has 0 bridgehead atoms. The summed E-state index contributed by atoms with van der Waals surface area (Å²) >= 11 is 0. The van der Waals surface area contributed by atoms with Crippen LogP contribution in [0.5, 0.6) is 0 Å². The number of likely N-dealkylation sites (tertiary alicyclic amines) is 1. The number of nitrogens with zero attached hydrogens (tertiary/aromatic N) is 3. The Balaban J connectivity index is 1.67. The molecule has 6 heteroatoms. The largest absolute Gasteiger partial charge is 0.324 e. The van der Waals surface area contributed by atoms with Crippen molar-refractivity contribution in [2.24, 2.45) is 5.92 Å². The molecule has 2 amide bonds. The Bertz CT molecular complexity index is 791. The number of nitrogens with one attached hydrogen (secondary N) is 1. The molecule has 0 saturated carbocycles. The lowest BCUT2D eigenvalue weighted by molar-refractivity contribution is 0.197. The van der Waals surface area contributed by atoms with E-state index in [-0.39, 0.29) is 17.8 Å². The Kier molecular flexibility index (Phi) is 5.07. The topological polar surface area (TPSA) is 58.1 Å². The van der Waals surface area contributed by atoms with Gasteiger partial charge in [-0.1, -0.05) is 36.8 Å². The summed E-state index contributed by atoms with van der Waals surface area (Å²) in [7, 11) is 0. The zero-order valence-electron chi connectivity index (χ0n) is 14.4. The Labute approximate surface area is 146 Å². The van der Waals surface area contributed by atoms with Gasteiger partial charge < -0.3 is 4.90 Å². The molecule has 0 aliphatic carbocycles. The molecule has 2 aromatic rings. The molecule has 1 fully saturated rings. The average Bonchev–Trinajstić information content (AvgIpc) is 2.61. The number of carbonyl (C=O) groups excluding carboxylic acids is 1. The lowest BCUT2D eigenvalue weighted by Crippen LogP contribution is -2.42. The summed E-state index contributed by atoms with van der Waals surface area (Å²) < 4.78 is 14.2. The predicted molar refractivity (Wildman–Crippen MR) is 95.5 cm³/mol. The van der Waals surface area contributed by atoms with E-state index in [0.717, 1.165) is 12.0 Å². The molecule has 1 atom stereocenters. The summed E-state index contributed by atoms with van der Waals surface area (Å²) in [5.41, 5.74) is 2.41. The summed E-state index contributed by atoms with van der Waals surface area (Å²) in [4.78, 5) is 14.1. The van der Waals surface area contributed by atoms with E-state index >= 15 is 0 Å². The number of anilines is 1. The van der Waals surface area contributed by atoms with Gasteiger partial charge in [0, 0.05) is 24.8 Å². The van der Waals surface area contributed by atoms with Gasteiger partial charge in [0.2, 0.25) is 0 Å². The number of benzene rings is 1. The fourth-order valence-corrected chi connectivity index (χ4v) is 2.99. The molecule has 1 saturated heterocycles. The fraction of sp³-hybridized carbons (Fsp3) is 0.316. The molecular formula is C19H21FN4O. The van der Waals surface area contributed by atoms with E-state index in [2.05, 4.69) is 22.4 Å². The molecule has 3 rings (SSSR count). The van der Waals surface area contributed by atoms with Crippen molar-refractivity contribution in [2.45, 2.75) is 20.3 Å². The van der Waals surface area contributed by atoms with E-state index in [1.54, 1.807) is 42.3 Å². The number of urea groups is 1. The van der Waals surface area contributed by atoms with Crippen molar-refractivity contribution in [1.29, 1.82) is 0 Å². The van der Waals surface area contributed by atoms with Gasteiger partial charge in [0.25, 0.3) is 0 Å². The molecule has 1 aliphatic rings. The maximum atomic E-state index is 14.2. The molecule has 1 aromatic carbocycles. The number of aryl methyl sites for hydroxylation is 1. The maximum Gasteiger partial charge on any atom is 0.323 e. The molecule has 1 aromatic heterocycles. The van der Waals surface area contributed by atoms with Crippen LogP contribution in [0.4, 0.5) is 15.0 Å². The van der Waals surface area contributed by atoms with Gasteiger partial charge >= 0.3 is 6.03 Å². The molecular weight excluding hydrogens is 319 g/mol. The standard InChI is InChI=1S/C19H21FN4O/c1-13-5-3-6-16(18(13)20)11-15-8-10-24(12-14(15)2)19(25)22-17-7-4-9-21-23-17/h3-7,9,11,14H,8,10,12H2,1-2H3,(H,22,23,25). The number of hydrogen-bond donors (Lipinski definition) is 1. The molecule has 0 spiro atoms. The van der Waals surface area contributed by atoms with Crippen molar-refractivity contribution >= 4 is 17.9 Å². The number of amides is 2. The quantitative estimate of drug-likeness (QED) is 0.902. The molecule has 5 nitrogen and oxygen atoms in total. The Morgan fingerprint density at radius 2 is 2.20 bits per heavy atom. The number of rotatable bonds is 2. The van der Waals surface area contributed by atoms with Crippen molar-refractivity contribution in [3.63, 3.8) is 0 Å². The molecule has 1 aliphatic heterocycles. The summed E-state index contributed by atoms with van der Waals surface area (Å²) in [5.74, 6) is 0.426. The van der Waals surface area contributed by atoms with E-state index in [4.69, 9.17) is 0 Å². The van der Waals surface area contributed by atoms with Crippen molar-refractivity contribution in [3.05, 3.63) is 59.0 Å². The highest BCUT2D eigenvalue weighted by Gasteiger charge is 2.25. The number of carbonyl (C=O) groups is 1. The first-order chi connectivity index (χ1) is 12.0. The highest BCUT2D eigenvalue weighted by molar-refractivity contribution is 5.88. The summed E-state index contributed by atoms with van der Waals surface area (Å²) in [6, 6.07) is 8.64. The molecule has 1 unspecified atom stereocenters. The van der Waals surface area contributed by atoms with Crippen LogP contribution in [0.25, 0.3) is 6.08 Å². The Hall–Kier alpha value is -2.76. The minimum atomic E-state index is -0.187. The van der Waals surface area contributed by atoms with Gasteiger partial charge in [-0.2, -0.15) is 5.10 Å². The zero-order chi connectivity index (χ0) is 17.8. The summed E-state index contributed by atoms with van der Waals surface area (Å²) in [5, 5.41) is 10.4. The minimum absolute atomic E-state index is 0.168. The van der Waals surface area contributed by atoms with Crippen molar-refractivity contribution < 1.29 is 9.18 Å². The third-order valence-corrected chi connectivity index (χ3v) is 4.45. The first-order valence-corrected chi connectivity index (χ1v) is 8.34. The molecule has 25 heavy (non-hydrogen) atoms. The lowest BCUT2D eigenvalue weighted by Gasteiger charge is -2.33. The lowest BCUT2D eigenvalue weighted by atomic mass is 9.91. The van der Waals surface area contributed by atoms with Crippen molar-refractivity contribution in [2.75, 3.05) is 18.4 Å². The van der Waals surface area contributed by atoms with Crippen molar-refractivity contribution in [3.8, 4) is 0 Å². The normalized spacial score (nSPS) is 19.1. The van der Waals surface area contributed by atoms with Gasteiger partial charge in [0.1, 0.15) is 5.82 Å². The average molecular weight is 340 g/mol. The van der Waals surface area contributed by atoms with Crippen LogP contribution in [0.15, 0.2) is 42.1 Å². The van der Waals surface area contributed by atoms with Gasteiger partial charge in [-0.15, -0.1) is 5.10 Å². The van der Waals surface area contributed by atoms with Crippen LogP contribution in [-0.4, -0.2) is 34.2 Å². The first kappa shape index (κ1) is 17.1. The fourth-order valence-electron chi connectivity index (χ4n) is 2.99. The highest BCUT2D eigenvalue weighted by atomic mass is 19.1. The smallest absolute Gasteiger partial charge is 0.323 e. The van der Waals surface area contributed by atoms with Gasteiger partial charge in [0.15, 0.2) is 5.82 Å². The third kappa shape index (κ3) is 4.02. The van der Waals surface area contributed by atoms with E-state index in [1.165, 1.54) is 0 Å². The van der Waals surface area contributed by atoms with Crippen LogP contribution < -0.4 is 5.32 Å². The molecule has 130 valence electrons. The highest BCUT2D eigenvalue weighted by Crippen LogP contribution is 2.26. The van der Waals surface area contributed by atoms with E-state index in [1.807, 2.05) is 12.1 Å². The number of hydrogen-bond acceptors (Lipinski definition) is 3. The van der Waals surface area contributed by atoms with Crippen molar-refractivity contribution in [1.82, 2.24) is 15.1 Å². The monoisotopic (exact) mass is 340 g/mol. The van der Waals surface area contributed by atoms with Crippen LogP contribution >= 0.6 is 0 Å². The molecule has 1 N–H and O–H groups in total. The second-order valence-corrected chi connectivity index (χ2v) is 6.33. The molecule has 0 radical (unpaired) electrons. The number of aromatic nitrogens is 2. The maximum absolute atomic E-state index is 14.2. The van der Waals surface area contributed by atoms with Crippen LogP contribution in [0, 0.1) is 18.7 Å². The zero-order valence-corrected chi connectivity index (χ0v) is 14.4. The number of piperidine rings is 1. The van der Waals surface area contributed by atoms with Gasteiger partial charge in [-0.3, -0.25) is 5.32 Å². The van der Waals surface area contributed by atoms with Gasteiger partial charge in [-0.25, -0.2) is 9.18 Å².